The van der Waals surface area contributed by atoms with E-state index in [9.17, 15) is 13.0 Å². The van der Waals surface area contributed by atoms with Gasteiger partial charge in [-0.25, -0.2) is 8.42 Å². The van der Waals surface area contributed by atoms with Crippen molar-refractivity contribution in [2.45, 2.75) is 4.90 Å². The molecule has 6 N–H and O–H groups in total. The van der Waals surface area contributed by atoms with E-state index in [2.05, 4.69) is 61.8 Å². The maximum atomic E-state index is 12.5. The Balaban J connectivity index is 0.00000561. The van der Waals surface area contributed by atoms with Crippen LogP contribution in [0, 0.1) is 0 Å². The Kier molecular flexibility index (Phi) is 13.5. The van der Waals surface area contributed by atoms with Crippen LogP contribution in [0.3, 0.4) is 0 Å². The van der Waals surface area contributed by atoms with Crippen LogP contribution in [0.25, 0.3) is 12.2 Å². The zero-order chi connectivity index (χ0) is 41.2. The van der Waals surface area contributed by atoms with Crippen molar-refractivity contribution in [2.24, 2.45) is 0 Å². The van der Waals surface area contributed by atoms with Crippen molar-refractivity contribution in [1.29, 1.82) is 0 Å². The number of nitrogens with zero attached hydrogens (tertiary/aromatic N) is 6. The van der Waals surface area contributed by atoms with Crippen molar-refractivity contribution in [3.8, 4) is 0 Å². The summed E-state index contributed by atoms with van der Waals surface area (Å²) in [6, 6.07) is 49.6. The van der Waals surface area contributed by atoms with E-state index in [4.69, 9.17) is 0 Å². The molecule has 296 valence electrons. The van der Waals surface area contributed by atoms with Gasteiger partial charge in [-0.05, 0) is 83.9 Å². The molecule has 0 aliphatic carbocycles. The van der Waals surface area contributed by atoms with Gasteiger partial charge in [-0.2, -0.15) is 29.9 Å². The Morgan fingerprint density at radius 3 is 1.00 bits per heavy atom. The first-order valence-corrected chi connectivity index (χ1v) is 19.9. The molecule has 0 bridgehead atoms. The number of hydrogen-bond acceptors (Lipinski definition) is 15. The van der Waals surface area contributed by atoms with Crippen molar-refractivity contribution in [3.05, 3.63) is 175 Å². The molecule has 2 aromatic heterocycles. The Morgan fingerprint density at radius 1 is 0.377 bits per heavy atom. The van der Waals surface area contributed by atoms with Gasteiger partial charge in [-0.3, -0.25) is 0 Å². The number of aromatic nitrogens is 6. The van der Waals surface area contributed by atoms with Crippen molar-refractivity contribution in [3.63, 3.8) is 0 Å². The van der Waals surface area contributed by atoms with Crippen LogP contribution in [-0.4, -0.2) is 42.9 Å². The monoisotopic (exact) mass is 834 g/mol. The van der Waals surface area contributed by atoms with E-state index in [1.165, 1.54) is 12.1 Å². The van der Waals surface area contributed by atoms with E-state index in [-0.39, 0.29) is 58.7 Å². The molecule has 0 spiro atoms. The molecule has 0 aliphatic heterocycles. The van der Waals surface area contributed by atoms with Crippen LogP contribution in [-0.2, 0) is 10.1 Å². The van der Waals surface area contributed by atoms with Crippen LogP contribution >= 0.6 is 0 Å². The first kappa shape index (κ1) is 41.9. The van der Waals surface area contributed by atoms with E-state index in [1.54, 1.807) is 18.2 Å². The Bertz CT molecular complexity index is 2730. The van der Waals surface area contributed by atoms with Gasteiger partial charge in [-0.1, -0.05) is 103 Å². The molecule has 17 heteroatoms. The van der Waals surface area contributed by atoms with Gasteiger partial charge in [0, 0.05) is 34.1 Å². The van der Waals surface area contributed by atoms with Crippen LogP contribution in [0.4, 0.5) is 69.8 Å². The molecule has 8 rings (SSSR count). The van der Waals surface area contributed by atoms with Gasteiger partial charge in [0.2, 0.25) is 35.7 Å². The Hall–Kier alpha value is -7.21. The van der Waals surface area contributed by atoms with Crippen molar-refractivity contribution in [2.75, 3.05) is 31.9 Å². The van der Waals surface area contributed by atoms with Gasteiger partial charge in [-0.15, -0.1) is 0 Å². The van der Waals surface area contributed by atoms with Crippen LogP contribution in [0.1, 0.15) is 11.1 Å². The number of nitrogens with one attached hydrogen (secondary N) is 6. The number of anilines is 12. The molecule has 8 aromatic rings. The summed E-state index contributed by atoms with van der Waals surface area (Å²) in [7, 11) is -4.90. The van der Waals surface area contributed by atoms with Gasteiger partial charge in [0.25, 0.3) is 0 Å². The normalized spacial score (nSPS) is 11.0. The zero-order valence-corrected chi connectivity index (χ0v) is 35.4. The average Bonchev–Trinajstić information content (AvgIpc) is 3.25. The Morgan fingerprint density at radius 2 is 0.672 bits per heavy atom. The summed E-state index contributed by atoms with van der Waals surface area (Å²) in [6.45, 7) is 0. The molecule has 0 atom stereocenters. The molecule has 0 aliphatic rings. The summed E-state index contributed by atoms with van der Waals surface area (Å²) < 4.78 is 37.6. The predicted molar refractivity (Wildman–Crippen MR) is 235 cm³/mol. The first-order chi connectivity index (χ1) is 29.3. The second kappa shape index (κ2) is 19.7. The fourth-order valence-corrected chi connectivity index (χ4v) is 6.47. The summed E-state index contributed by atoms with van der Waals surface area (Å²) in [5.41, 5.74) is 5.05. The summed E-state index contributed by atoms with van der Waals surface area (Å²) in [4.78, 5) is 26.7. The van der Waals surface area contributed by atoms with Crippen LogP contribution in [0.15, 0.2) is 169 Å². The molecule has 61 heavy (non-hydrogen) atoms. The second-order valence-corrected chi connectivity index (χ2v) is 14.3. The minimum absolute atomic E-state index is 0. The molecule has 0 radical (unpaired) electrons. The number of benzene rings is 6. The van der Waals surface area contributed by atoms with E-state index in [0.29, 0.717) is 23.5 Å². The number of rotatable bonds is 15. The molecule has 0 fully saturated rings. The van der Waals surface area contributed by atoms with E-state index < -0.39 is 15.0 Å². The number of hydrogen-bond donors (Lipinski definition) is 6. The van der Waals surface area contributed by atoms with Crippen LogP contribution in [0.5, 0.6) is 0 Å². The van der Waals surface area contributed by atoms with Crippen molar-refractivity contribution < 1.29 is 42.5 Å². The first-order valence-electron chi connectivity index (χ1n) is 18.5. The van der Waals surface area contributed by atoms with Gasteiger partial charge in [0.15, 0.2) is 0 Å². The molecule has 2 heterocycles. The average molecular weight is 835 g/mol. The van der Waals surface area contributed by atoms with Crippen molar-refractivity contribution in [1.82, 2.24) is 29.9 Å². The molecule has 0 amide bonds. The SMILES string of the molecule is O=S(=O)([O-])c1cc(Nc2nc(Nc3ccccc3)nc(Nc3ccccc3)n2)ccc1/C=C/c1ccc(Nc2nc(Nc3ccccc3)nc(Nc3ccccc3)n2)cc1.[Na+]. The molecular formula is C44H35N12NaO3S. The van der Waals surface area contributed by atoms with E-state index >= 15 is 0 Å². The quantitative estimate of drug-likeness (QED) is 0.0366. The summed E-state index contributed by atoms with van der Waals surface area (Å²) >= 11 is 0. The fraction of sp³-hybridized carbons (Fsp3) is 0. The van der Waals surface area contributed by atoms with Gasteiger partial charge in [0.1, 0.15) is 10.1 Å². The molecule has 0 saturated carbocycles. The molecule has 6 aromatic carbocycles. The third kappa shape index (κ3) is 11.9. The summed E-state index contributed by atoms with van der Waals surface area (Å²) in [5, 5.41) is 19.0. The van der Waals surface area contributed by atoms with Gasteiger partial charge < -0.3 is 36.5 Å². The fourth-order valence-electron chi connectivity index (χ4n) is 5.78. The van der Waals surface area contributed by atoms with Gasteiger partial charge >= 0.3 is 29.6 Å². The smallest absolute Gasteiger partial charge is 0.744 e. The molecule has 15 nitrogen and oxygen atoms in total. The summed E-state index contributed by atoms with van der Waals surface area (Å²) in [5.74, 6) is 1.55. The molecule has 0 saturated heterocycles. The minimum Gasteiger partial charge on any atom is -0.744 e. The van der Waals surface area contributed by atoms with Gasteiger partial charge in [0.05, 0.1) is 4.90 Å². The van der Waals surface area contributed by atoms with E-state index in [1.807, 2.05) is 146 Å². The predicted octanol–water partition coefficient (Wildman–Crippen LogP) is 6.60. The van der Waals surface area contributed by atoms with Crippen molar-refractivity contribution >= 4 is 92.1 Å². The standard InChI is InChI=1S/C44H36N12O3S.Na/c57-60(58,59)38-29-37(50-44-55-41(47-34-17-9-3-10-18-34)52-42(56-44)48-35-19-11-4-12-20-35)28-25-31(38)24-21-30-22-26-36(27-23-30)49-43-53-39(45-32-13-5-1-6-14-32)51-40(54-43)46-33-15-7-2-8-16-33;/h1-29H,(H,57,58,59)(H3,45,46,49,51,53,54)(H3,47,48,50,52,55,56);/q;+1/p-1/b24-21+;. The molecular weight excluding hydrogens is 800 g/mol. The topological polar surface area (TPSA) is 207 Å². The summed E-state index contributed by atoms with van der Waals surface area (Å²) in [6.07, 6.45) is 3.28. The third-order valence-corrected chi connectivity index (χ3v) is 9.44. The zero-order valence-electron chi connectivity index (χ0n) is 32.6. The Labute approximate surface area is 374 Å². The van der Waals surface area contributed by atoms with Crippen LogP contribution in [0.2, 0.25) is 0 Å². The van der Waals surface area contributed by atoms with Crippen LogP contribution < -0.4 is 61.5 Å². The maximum Gasteiger partial charge on any atom is 1.00 e. The van der Waals surface area contributed by atoms with E-state index in [0.717, 1.165) is 28.3 Å². The third-order valence-electron chi connectivity index (χ3n) is 8.55. The maximum absolute atomic E-state index is 12.5. The molecule has 0 unspecified atom stereocenters. The largest absolute Gasteiger partial charge is 1.00 e. The minimum atomic E-state index is -4.90. The number of para-hydroxylation sites is 4. The second-order valence-electron chi connectivity index (χ2n) is 13.0.